The first-order valence-corrected chi connectivity index (χ1v) is 5.55. The van der Waals surface area contributed by atoms with Crippen molar-refractivity contribution in [3.8, 4) is 17.6 Å². The maximum absolute atomic E-state index is 9.12. The van der Waals surface area contributed by atoms with Crippen LogP contribution in [0.4, 0.5) is 0 Å². The third-order valence-corrected chi connectivity index (χ3v) is 2.61. The zero-order chi connectivity index (χ0) is 11.2. The molecule has 0 saturated carbocycles. The van der Waals surface area contributed by atoms with E-state index in [-0.39, 0.29) is 5.75 Å². The molecule has 1 saturated heterocycles. The maximum atomic E-state index is 9.12. The van der Waals surface area contributed by atoms with E-state index in [0.29, 0.717) is 0 Å². The number of aromatic hydroxyl groups is 1. The van der Waals surface area contributed by atoms with Crippen LogP contribution >= 0.6 is 0 Å². The van der Waals surface area contributed by atoms with Crippen molar-refractivity contribution < 1.29 is 5.11 Å². The molecule has 0 radical (unpaired) electrons. The molecule has 0 unspecified atom stereocenters. The molecule has 1 aliphatic rings. The Bertz CT molecular complexity index is 383. The minimum atomic E-state index is 0.285. The summed E-state index contributed by atoms with van der Waals surface area (Å²) in [5.41, 5.74) is 0.952. The summed E-state index contributed by atoms with van der Waals surface area (Å²) in [4.78, 5) is 2.34. The summed E-state index contributed by atoms with van der Waals surface area (Å²) in [6, 6.07) is 6.99. The van der Waals surface area contributed by atoms with Gasteiger partial charge >= 0.3 is 0 Å². The molecule has 0 aliphatic carbocycles. The SMILES string of the molecule is Oc1ccc(C#CCN2CCNCC2)cc1. The minimum absolute atomic E-state index is 0.285. The van der Waals surface area contributed by atoms with Crippen molar-refractivity contribution in [2.45, 2.75) is 0 Å². The van der Waals surface area contributed by atoms with Crippen LogP contribution in [-0.2, 0) is 0 Å². The summed E-state index contributed by atoms with van der Waals surface area (Å²) in [6.07, 6.45) is 0. The first kappa shape index (κ1) is 11.0. The van der Waals surface area contributed by atoms with Gasteiger partial charge in [0.25, 0.3) is 0 Å². The topological polar surface area (TPSA) is 35.5 Å². The molecule has 0 amide bonds. The van der Waals surface area contributed by atoms with E-state index >= 15 is 0 Å². The van der Waals surface area contributed by atoms with E-state index in [4.69, 9.17) is 5.11 Å². The molecular formula is C13H16N2O. The lowest BCUT2D eigenvalue weighted by Crippen LogP contribution is -2.43. The molecule has 16 heavy (non-hydrogen) atoms. The predicted molar refractivity (Wildman–Crippen MR) is 64.3 cm³/mol. The number of piperazine rings is 1. The van der Waals surface area contributed by atoms with Gasteiger partial charge in [-0.1, -0.05) is 11.8 Å². The molecule has 0 aromatic heterocycles. The van der Waals surface area contributed by atoms with Crippen LogP contribution in [0.3, 0.4) is 0 Å². The summed E-state index contributed by atoms with van der Waals surface area (Å²) in [5, 5.41) is 12.4. The van der Waals surface area contributed by atoms with Gasteiger partial charge in [-0.05, 0) is 24.3 Å². The van der Waals surface area contributed by atoms with Gasteiger partial charge in [-0.15, -0.1) is 0 Å². The van der Waals surface area contributed by atoms with Crippen LogP contribution in [0.5, 0.6) is 5.75 Å². The lowest BCUT2D eigenvalue weighted by molar-refractivity contribution is 0.268. The van der Waals surface area contributed by atoms with Gasteiger partial charge in [0.15, 0.2) is 0 Å². The van der Waals surface area contributed by atoms with Crippen LogP contribution in [0.15, 0.2) is 24.3 Å². The van der Waals surface area contributed by atoms with Crippen molar-refractivity contribution in [3.05, 3.63) is 29.8 Å². The molecule has 1 aromatic carbocycles. The average Bonchev–Trinajstić information content (AvgIpc) is 2.33. The number of nitrogens with zero attached hydrogens (tertiary/aromatic N) is 1. The van der Waals surface area contributed by atoms with Gasteiger partial charge in [0.05, 0.1) is 6.54 Å². The monoisotopic (exact) mass is 216 g/mol. The van der Waals surface area contributed by atoms with Crippen LogP contribution in [0, 0.1) is 11.8 Å². The number of nitrogens with one attached hydrogen (secondary N) is 1. The van der Waals surface area contributed by atoms with E-state index in [0.717, 1.165) is 38.3 Å². The lowest BCUT2D eigenvalue weighted by atomic mass is 10.2. The van der Waals surface area contributed by atoms with Crippen molar-refractivity contribution in [2.24, 2.45) is 0 Å². The molecule has 2 N–H and O–H groups in total. The van der Waals surface area contributed by atoms with Gasteiger partial charge in [-0.3, -0.25) is 4.90 Å². The summed E-state index contributed by atoms with van der Waals surface area (Å²) in [6.45, 7) is 5.08. The van der Waals surface area contributed by atoms with E-state index < -0.39 is 0 Å². The second kappa shape index (κ2) is 5.55. The summed E-state index contributed by atoms with van der Waals surface area (Å²) in [7, 11) is 0. The van der Waals surface area contributed by atoms with Gasteiger partial charge in [-0.2, -0.15) is 0 Å². The Kier molecular flexibility index (Phi) is 3.81. The second-order valence-corrected chi connectivity index (χ2v) is 3.87. The fourth-order valence-corrected chi connectivity index (χ4v) is 1.67. The highest BCUT2D eigenvalue weighted by Gasteiger charge is 2.06. The van der Waals surface area contributed by atoms with Crippen LogP contribution in [0.1, 0.15) is 5.56 Å². The molecule has 1 fully saturated rings. The van der Waals surface area contributed by atoms with E-state index in [1.165, 1.54) is 0 Å². The molecule has 3 heteroatoms. The van der Waals surface area contributed by atoms with Crippen LogP contribution in [-0.4, -0.2) is 42.7 Å². The first-order valence-electron chi connectivity index (χ1n) is 5.55. The Balaban J connectivity index is 1.87. The van der Waals surface area contributed by atoms with Gasteiger partial charge in [0, 0.05) is 31.7 Å². The highest BCUT2D eigenvalue weighted by atomic mass is 16.3. The summed E-state index contributed by atoms with van der Waals surface area (Å²) >= 11 is 0. The average molecular weight is 216 g/mol. The molecule has 84 valence electrons. The number of hydrogen-bond acceptors (Lipinski definition) is 3. The summed E-state index contributed by atoms with van der Waals surface area (Å²) in [5.74, 6) is 6.54. The number of phenolic OH excluding ortho intramolecular Hbond substituents is 1. The van der Waals surface area contributed by atoms with Gasteiger partial charge in [-0.25, -0.2) is 0 Å². The Hall–Kier alpha value is -1.50. The van der Waals surface area contributed by atoms with Gasteiger partial charge in [0.1, 0.15) is 5.75 Å². The maximum Gasteiger partial charge on any atom is 0.115 e. The van der Waals surface area contributed by atoms with E-state index in [2.05, 4.69) is 22.1 Å². The smallest absolute Gasteiger partial charge is 0.115 e. The molecular weight excluding hydrogens is 200 g/mol. The number of rotatable bonds is 1. The number of benzene rings is 1. The first-order chi connectivity index (χ1) is 7.84. The Labute approximate surface area is 96.1 Å². The third-order valence-electron chi connectivity index (χ3n) is 2.61. The molecule has 1 aromatic rings. The van der Waals surface area contributed by atoms with Crippen molar-refractivity contribution in [3.63, 3.8) is 0 Å². The Morgan fingerprint density at radius 2 is 1.88 bits per heavy atom. The third kappa shape index (κ3) is 3.27. The zero-order valence-electron chi connectivity index (χ0n) is 9.24. The van der Waals surface area contributed by atoms with Crippen LogP contribution < -0.4 is 5.32 Å². The predicted octanol–water partition coefficient (Wildman–Crippen LogP) is 0.649. The number of hydrogen-bond donors (Lipinski definition) is 2. The fraction of sp³-hybridized carbons (Fsp3) is 0.385. The normalized spacial score (nSPS) is 16.5. The molecule has 0 atom stereocenters. The van der Waals surface area contributed by atoms with Crippen molar-refractivity contribution in [1.29, 1.82) is 0 Å². The van der Waals surface area contributed by atoms with Crippen molar-refractivity contribution >= 4 is 0 Å². The van der Waals surface area contributed by atoms with E-state index in [1.54, 1.807) is 12.1 Å². The van der Waals surface area contributed by atoms with Gasteiger partial charge < -0.3 is 10.4 Å². The molecule has 0 spiro atoms. The highest BCUT2D eigenvalue weighted by molar-refractivity contribution is 5.37. The van der Waals surface area contributed by atoms with Crippen LogP contribution in [0.2, 0.25) is 0 Å². The van der Waals surface area contributed by atoms with Crippen molar-refractivity contribution in [1.82, 2.24) is 10.2 Å². The molecule has 1 aliphatic heterocycles. The molecule has 0 bridgehead atoms. The Morgan fingerprint density at radius 3 is 2.56 bits per heavy atom. The second-order valence-electron chi connectivity index (χ2n) is 3.87. The molecule has 3 nitrogen and oxygen atoms in total. The zero-order valence-corrected chi connectivity index (χ0v) is 9.24. The quantitative estimate of drug-likeness (QED) is 0.677. The van der Waals surface area contributed by atoms with Gasteiger partial charge in [0.2, 0.25) is 0 Å². The van der Waals surface area contributed by atoms with Crippen LogP contribution in [0.25, 0.3) is 0 Å². The molecule has 1 heterocycles. The largest absolute Gasteiger partial charge is 0.508 e. The standard InChI is InChI=1S/C13H16N2O/c16-13-5-3-12(4-6-13)2-1-9-15-10-7-14-8-11-15/h3-6,14,16H,7-11H2. The number of phenols is 1. The van der Waals surface area contributed by atoms with E-state index in [9.17, 15) is 0 Å². The highest BCUT2D eigenvalue weighted by Crippen LogP contribution is 2.08. The Morgan fingerprint density at radius 1 is 1.19 bits per heavy atom. The lowest BCUT2D eigenvalue weighted by Gasteiger charge is -2.24. The minimum Gasteiger partial charge on any atom is -0.508 e. The van der Waals surface area contributed by atoms with E-state index in [1.807, 2.05) is 12.1 Å². The van der Waals surface area contributed by atoms with Crippen molar-refractivity contribution in [2.75, 3.05) is 32.7 Å². The summed E-state index contributed by atoms with van der Waals surface area (Å²) < 4.78 is 0. The molecule has 2 rings (SSSR count). The fourth-order valence-electron chi connectivity index (χ4n) is 1.67.